The van der Waals surface area contributed by atoms with Crippen molar-refractivity contribution in [2.75, 3.05) is 5.32 Å². The van der Waals surface area contributed by atoms with Gasteiger partial charge in [-0.3, -0.25) is 4.79 Å². The number of nitrogens with zero attached hydrogens (tertiary/aromatic N) is 1. The van der Waals surface area contributed by atoms with E-state index in [2.05, 4.69) is 24.3 Å². The molecule has 1 aromatic carbocycles. The van der Waals surface area contributed by atoms with E-state index in [1.165, 1.54) is 5.56 Å². The van der Waals surface area contributed by atoms with Crippen LogP contribution in [0.5, 0.6) is 0 Å². The van der Waals surface area contributed by atoms with Crippen LogP contribution in [0.25, 0.3) is 0 Å². The van der Waals surface area contributed by atoms with Crippen molar-refractivity contribution in [1.82, 2.24) is 5.16 Å². The lowest BCUT2D eigenvalue weighted by Gasteiger charge is -2.16. The summed E-state index contributed by atoms with van der Waals surface area (Å²) in [5.41, 5.74) is 3.46. The molecule has 1 atom stereocenters. The van der Waals surface area contributed by atoms with Gasteiger partial charge in [0.15, 0.2) is 5.69 Å². The number of carbonyl (C=O) groups excluding carboxylic acids is 1. The van der Waals surface area contributed by atoms with Gasteiger partial charge in [0.1, 0.15) is 5.76 Å². The molecule has 110 valence electrons. The lowest BCUT2D eigenvalue weighted by molar-refractivity contribution is 0.101. The number of hydrogen-bond donors (Lipinski definition) is 1. The van der Waals surface area contributed by atoms with E-state index in [0.717, 1.165) is 42.7 Å². The summed E-state index contributed by atoms with van der Waals surface area (Å²) in [6.45, 7) is 4.30. The molecule has 0 saturated carbocycles. The fraction of sp³-hybridized carbons (Fsp3) is 0.412. The van der Waals surface area contributed by atoms with Gasteiger partial charge in [-0.25, -0.2) is 0 Å². The molecule has 0 bridgehead atoms. The number of nitrogens with one attached hydrogen (secondary N) is 1. The molecular formula is C17H20N2O2. The molecule has 2 aromatic rings. The van der Waals surface area contributed by atoms with E-state index in [1.54, 1.807) is 0 Å². The van der Waals surface area contributed by atoms with Gasteiger partial charge in [0.25, 0.3) is 5.91 Å². The van der Waals surface area contributed by atoms with Crippen LogP contribution >= 0.6 is 0 Å². The number of rotatable bonds is 3. The average molecular weight is 284 g/mol. The van der Waals surface area contributed by atoms with Crippen LogP contribution in [0.2, 0.25) is 0 Å². The van der Waals surface area contributed by atoms with Crippen molar-refractivity contribution in [3.8, 4) is 0 Å². The molecule has 4 nitrogen and oxygen atoms in total. The van der Waals surface area contributed by atoms with E-state index in [0.29, 0.717) is 11.6 Å². The van der Waals surface area contributed by atoms with Crippen LogP contribution < -0.4 is 5.32 Å². The Morgan fingerprint density at radius 1 is 1.38 bits per heavy atom. The van der Waals surface area contributed by atoms with E-state index < -0.39 is 0 Å². The first-order valence-electron chi connectivity index (χ1n) is 7.55. The maximum atomic E-state index is 12.4. The lowest BCUT2D eigenvalue weighted by Crippen LogP contribution is -2.17. The van der Waals surface area contributed by atoms with Crippen molar-refractivity contribution in [3.05, 3.63) is 46.8 Å². The Bertz CT molecular complexity index is 643. The van der Waals surface area contributed by atoms with Gasteiger partial charge in [-0.2, -0.15) is 0 Å². The number of anilines is 1. The highest BCUT2D eigenvalue weighted by Crippen LogP contribution is 2.28. The van der Waals surface area contributed by atoms with Crippen LogP contribution in [0, 0.1) is 5.92 Å². The van der Waals surface area contributed by atoms with E-state index in [9.17, 15) is 4.79 Å². The second-order valence-corrected chi connectivity index (χ2v) is 5.79. The monoisotopic (exact) mass is 284 g/mol. The van der Waals surface area contributed by atoms with Crippen LogP contribution in [0.1, 0.15) is 47.6 Å². The SMILES string of the molecule is CCc1ccc(NC(=O)c2noc3c2C[C@@H](C)CC3)cc1. The zero-order valence-corrected chi connectivity index (χ0v) is 12.5. The van der Waals surface area contributed by atoms with Gasteiger partial charge in [-0.1, -0.05) is 31.1 Å². The summed E-state index contributed by atoms with van der Waals surface area (Å²) < 4.78 is 5.32. The highest BCUT2D eigenvalue weighted by molar-refractivity contribution is 6.03. The predicted molar refractivity (Wildman–Crippen MR) is 81.5 cm³/mol. The number of benzene rings is 1. The first kappa shape index (κ1) is 13.9. The maximum absolute atomic E-state index is 12.4. The summed E-state index contributed by atoms with van der Waals surface area (Å²) in [6, 6.07) is 7.89. The normalized spacial score (nSPS) is 17.3. The van der Waals surface area contributed by atoms with Gasteiger partial charge >= 0.3 is 0 Å². The van der Waals surface area contributed by atoms with Crippen molar-refractivity contribution >= 4 is 11.6 Å². The maximum Gasteiger partial charge on any atom is 0.278 e. The van der Waals surface area contributed by atoms with Crippen LogP contribution in [-0.2, 0) is 19.3 Å². The quantitative estimate of drug-likeness (QED) is 0.936. The van der Waals surface area contributed by atoms with Crippen LogP contribution in [-0.4, -0.2) is 11.1 Å². The third kappa shape index (κ3) is 2.84. The Morgan fingerprint density at radius 3 is 2.86 bits per heavy atom. The topological polar surface area (TPSA) is 55.1 Å². The zero-order valence-electron chi connectivity index (χ0n) is 12.5. The van der Waals surface area contributed by atoms with Gasteiger partial charge in [0.2, 0.25) is 0 Å². The molecule has 1 amide bonds. The predicted octanol–water partition coefficient (Wildman–Crippen LogP) is 3.61. The van der Waals surface area contributed by atoms with Crippen molar-refractivity contribution in [3.63, 3.8) is 0 Å². The lowest BCUT2D eigenvalue weighted by atomic mass is 9.88. The van der Waals surface area contributed by atoms with Crippen LogP contribution in [0.3, 0.4) is 0 Å². The molecule has 1 aromatic heterocycles. The minimum Gasteiger partial charge on any atom is -0.360 e. The highest BCUT2D eigenvalue weighted by Gasteiger charge is 2.26. The van der Waals surface area contributed by atoms with E-state index >= 15 is 0 Å². The number of carbonyl (C=O) groups is 1. The Balaban J connectivity index is 1.77. The minimum absolute atomic E-state index is 0.182. The molecule has 0 radical (unpaired) electrons. The number of aryl methyl sites for hydroxylation is 2. The molecule has 0 unspecified atom stereocenters. The van der Waals surface area contributed by atoms with Gasteiger partial charge in [-0.05, 0) is 42.9 Å². The second kappa shape index (κ2) is 5.72. The minimum atomic E-state index is -0.182. The molecule has 0 fully saturated rings. The number of fused-ring (bicyclic) bond motifs is 1. The van der Waals surface area contributed by atoms with Gasteiger partial charge in [-0.15, -0.1) is 0 Å². The number of amides is 1. The summed E-state index contributed by atoms with van der Waals surface area (Å²) in [6.07, 6.45) is 3.84. The van der Waals surface area contributed by atoms with Crippen molar-refractivity contribution < 1.29 is 9.32 Å². The summed E-state index contributed by atoms with van der Waals surface area (Å²) >= 11 is 0. The Morgan fingerprint density at radius 2 is 2.14 bits per heavy atom. The van der Waals surface area contributed by atoms with Crippen molar-refractivity contribution in [1.29, 1.82) is 0 Å². The van der Waals surface area contributed by atoms with Gasteiger partial charge < -0.3 is 9.84 Å². The van der Waals surface area contributed by atoms with E-state index in [4.69, 9.17) is 4.52 Å². The second-order valence-electron chi connectivity index (χ2n) is 5.79. The summed E-state index contributed by atoms with van der Waals surface area (Å²) in [5, 5.41) is 6.87. The molecule has 4 heteroatoms. The van der Waals surface area contributed by atoms with Crippen LogP contribution in [0.15, 0.2) is 28.8 Å². The Labute approximate surface area is 124 Å². The largest absolute Gasteiger partial charge is 0.360 e. The van der Waals surface area contributed by atoms with Gasteiger partial charge in [0.05, 0.1) is 0 Å². The molecule has 21 heavy (non-hydrogen) atoms. The average Bonchev–Trinajstić information content (AvgIpc) is 2.91. The zero-order chi connectivity index (χ0) is 14.8. The standard InChI is InChI=1S/C17H20N2O2/c1-3-12-5-7-13(8-6-12)18-17(20)16-14-10-11(2)4-9-15(14)21-19-16/h5-8,11H,3-4,9-10H2,1-2H3,(H,18,20)/t11-/m0/s1. The fourth-order valence-corrected chi connectivity index (χ4v) is 2.77. The molecule has 0 saturated heterocycles. The molecule has 1 heterocycles. The first-order valence-corrected chi connectivity index (χ1v) is 7.55. The molecular weight excluding hydrogens is 264 g/mol. The highest BCUT2D eigenvalue weighted by atomic mass is 16.5. The first-order chi connectivity index (χ1) is 10.2. The van der Waals surface area contributed by atoms with Crippen molar-refractivity contribution in [2.45, 2.75) is 39.5 Å². The molecule has 0 spiro atoms. The molecule has 3 rings (SSSR count). The van der Waals surface area contributed by atoms with Crippen molar-refractivity contribution in [2.24, 2.45) is 5.92 Å². The fourth-order valence-electron chi connectivity index (χ4n) is 2.77. The summed E-state index contributed by atoms with van der Waals surface area (Å²) in [7, 11) is 0. The van der Waals surface area contributed by atoms with Gasteiger partial charge in [0, 0.05) is 17.7 Å². The number of aromatic nitrogens is 1. The smallest absolute Gasteiger partial charge is 0.278 e. The molecule has 1 aliphatic carbocycles. The number of hydrogen-bond acceptors (Lipinski definition) is 3. The Hall–Kier alpha value is -2.10. The molecule has 0 aliphatic heterocycles. The summed E-state index contributed by atoms with van der Waals surface area (Å²) in [4.78, 5) is 12.4. The third-order valence-corrected chi connectivity index (χ3v) is 4.12. The molecule has 1 N–H and O–H groups in total. The summed E-state index contributed by atoms with van der Waals surface area (Å²) in [5.74, 6) is 1.27. The third-order valence-electron chi connectivity index (χ3n) is 4.12. The Kier molecular flexibility index (Phi) is 3.78. The van der Waals surface area contributed by atoms with Crippen LogP contribution in [0.4, 0.5) is 5.69 Å². The van der Waals surface area contributed by atoms with E-state index in [1.807, 2.05) is 24.3 Å². The van der Waals surface area contributed by atoms with E-state index in [-0.39, 0.29) is 5.91 Å². The molecule has 1 aliphatic rings.